The lowest BCUT2D eigenvalue weighted by Gasteiger charge is -2.37. The lowest BCUT2D eigenvalue weighted by Crippen LogP contribution is -2.48. The molecular weight excluding hydrogens is 531 g/mol. The van der Waals surface area contributed by atoms with E-state index in [1.54, 1.807) is 22.7 Å². The molecule has 3 unspecified atom stereocenters. The summed E-state index contributed by atoms with van der Waals surface area (Å²) in [5, 5.41) is 23.7. The SMILES string of the molecule is CCNC(=NCC(C)(O)c1ccsc1)NCC(c1cccs1)N1CCOC(C)C1.I. The van der Waals surface area contributed by atoms with Crippen molar-refractivity contribution in [2.24, 2.45) is 4.99 Å². The van der Waals surface area contributed by atoms with Gasteiger partial charge < -0.3 is 20.5 Å². The van der Waals surface area contributed by atoms with Crippen molar-refractivity contribution in [3.05, 3.63) is 44.8 Å². The number of thiophene rings is 2. The second-order valence-corrected chi connectivity index (χ2v) is 9.33. The number of halogens is 1. The Balaban J connectivity index is 0.00000320. The molecule has 3 heterocycles. The van der Waals surface area contributed by atoms with Gasteiger partial charge in [0, 0.05) is 31.1 Å². The van der Waals surface area contributed by atoms with Gasteiger partial charge in [0.1, 0.15) is 5.60 Å². The first-order valence-corrected chi connectivity index (χ1v) is 12.0. The van der Waals surface area contributed by atoms with Crippen LogP contribution < -0.4 is 10.6 Å². The highest BCUT2D eigenvalue weighted by molar-refractivity contribution is 14.0. The van der Waals surface area contributed by atoms with Crippen LogP contribution in [0.3, 0.4) is 0 Å². The fourth-order valence-corrected chi connectivity index (χ4v) is 5.09. The molecule has 3 N–H and O–H groups in total. The quantitative estimate of drug-likeness (QED) is 0.260. The second-order valence-electron chi connectivity index (χ2n) is 7.57. The molecule has 0 radical (unpaired) electrons. The van der Waals surface area contributed by atoms with Crippen LogP contribution >= 0.6 is 46.7 Å². The maximum Gasteiger partial charge on any atom is 0.191 e. The van der Waals surface area contributed by atoms with Crippen LogP contribution in [0.1, 0.15) is 37.3 Å². The van der Waals surface area contributed by atoms with Crippen LogP contribution in [0, 0.1) is 0 Å². The summed E-state index contributed by atoms with van der Waals surface area (Å²) >= 11 is 3.37. The minimum atomic E-state index is -0.977. The van der Waals surface area contributed by atoms with Gasteiger partial charge in [-0.1, -0.05) is 6.07 Å². The standard InChI is InChI=1S/C21H32N4O2S2.HI/c1-4-22-20(24-15-21(3,26)17-7-11-28-14-17)23-12-18(19-6-5-10-29-19)25-8-9-27-16(2)13-25;/h5-7,10-11,14,16,18,26H,4,8-9,12-13,15H2,1-3H3,(H2,22,23,24);1H. The Bertz CT molecular complexity index is 753. The summed E-state index contributed by atoms with van der Waals surface area (Å²) in [7, 11) is 0. The molecule has 1 fully saturated rings. The van der Waals surface area contributed by atoms with Gasteiger partial charge in [0.05, 0.1) is 25.3 Å². The number of guanidine groups is 1. The molecule has 2 aromatic rings. The van der Waals surface area contributed by atoms with Crippen molar-refractivity contribution < 1.29 is 9.84 Å². The lowest BCUT2D eigenvalue weighted by molar-refractivity contribution is -0.0334. The summed E-state index contributed by atoms with van der Waals surface area (Å²) in [6, 6.07) is 6.52. The summed E-state index contributed by atoms with van der Waals surface area (Å²) < 4.78 is 5.73. The smallest absolute Gasteiger partial charge is 0.191 e. The molecule has 1 aliphatic rings. The number of aliphatic imine (C=N–C) groups is 1. The summed E-state index contributed by atoms with van der Waals surface area (Å²) in [5.74, 6) is 0.728. The highest BCUT2D eigenvalue weighted by atomic mass is 127. The normalized spacial score (nSPS) is 20.8. The van der Waals surface area contributed by atoms with Gasteiger partial charge in [-0.2, -0.15) is 11.3 Å². The average Bonchev–Trinajstić information content (AvgIpc) is 3.41. The Morgan fingerprint density at radius 2 is 2.23 bits per heavy atom. The van der Waals surface area contributed by atoms with E-state index in [0.29, 0.717) is 6.54 Å². The number of nitrogens with one attached hydrogen (secondary N) is 2. The Hall–Kier alpha value is -0.720. The number of hydrogen-bond donors (Lipinski definition) is 3. The molecule has 0 bridgehead atoms. The maximum absolute atomic E-state index is 10.8. The second kappa shape index (κ2) is 12.4. The van der Waals surface area contributed by atoms with Crippen molar-refractivity contribution in [3.8, 4) is 0 Å². The lowest BCUT2D eigenvalue weighted by atomic mass is 10.00. The van der Waals surface area contributed by atoms with Gasteiger partial charge in [0.15, 0.2) is 5.96 Å². The Morgan fingerprint density at radius 3 is 2.87 bits per heavy atom. The fourth-order valence-electron chi connectivity index (χ4n) is 3.45. The third-order valence-corrected chi connectivity index (χ3v) is 6.74. The van der Waals surface area contributed by atoms with Crippen molar-refractivity contribution in [1.29, 1.82) is 0 Å². The van der Waals surface area contributed by atoms with Crippen LogP contribution in [0.15, 0.2) is 39.3 Å². The van der Waals surface area contributed by atoms with Crippen LogP contribution in [-0.2, 0) is 10.3 Å². The maximum atomic E-state index is 10.8. The van der Waals surface area contributed by atoms with Crippen LogP contribution in [0.5, 0.6) is 0 Å². The fraction of sp³-hybridized carbons (Fsp3) is 0.571. The Kier molecular flexibility index (Phi) is 10.5. The van der Waals surface area contributed by atoms with Gasteiger partial charge >= 0.3 is 0 Å². The summed E-state index contributed by atoms with van der Waals surface area (Å²) in [5.41, 5.74) is -0.0735. The average molecular weight is 565 g/mol. The van der Waals surface area contributed by atoms with E-state index >= 15 is 0 Å². The highest BCUT2D eigenvalue weighted by Crippen LogP contribution is 2.26. The van der Waals surface area contributed by atoms with E-state index in [1.165, 1.54) is 4.88 Å². The van der Waals surface area contributed by atoms with Crippen molar-refractivity contribution in [1.82, 2.24) is 15.5 Å². The minimum Gasteiger partial charge on any atom is -0.383 e. The van der Waals surface area contributed by atoms with Crippen molar-refractivity contribution >= 4 is 52.6 Å². The molecule has 168 valence electrons. The zero-order valence-corrected chi connectivity index (χ0v) is 21.8. The van der Waals surface area contributed by atoms with Crippen molar-refractivity contribution in [2.45, 2.75) is 38.5 Å². The van der Waals surface area contributed by atoms with Crippen LogP contribution in [0.4, 0.5) is 0 Å². The zero-order valence-electron chi connectivity index (χ0n) is 17.8. The molecule has 1 saturated heterocycles. The van der Waals surface area contributed by atoms with Gasteiger partial charge in [-0.3, -0.25) is 4.90 Å². The van der Waals surface area contributed by atoms with E-state index in [1.807, 2.05) is 23.8 Å². The van der Waals surface area contributed by atoms with Gasteiger partial charge in [0.2, 0.25) is 0 Å². The molecule has 3 rings (SSSR count). The van der Waals surface area contributed by atoms with Gasteiger partial charge in [-0.25, -0.2) is 4.99 Å². The molecule has 0 aromatic carbocycles. The van der Waals surface area contributed by atoms with Crippen molar-refractivity contribution in [3.63, 3.8) is 0 Å². The third-order valence-electron chi connectivity index (χ3n) is 5.08. The molecule has 1 aliphatic heterocycles. The van der Waals surface area contributed by atoms with Crippen LogP contribution in [0.25, 0.3) is 0 Å². The topological polar surface area (TPSA) is 69.1 Å². The van der Waals surface area contributed by atoms with Crippen molar-refractivity contribution in [2.75, 3.05) is 39.3 Å². The number of nitrogens with zero attached hydrogens (tertiary/aromatic N) is 2. The first kappa shape index (κ1) is 25.5. The molecule has 2 aromatic heterocycles. The molecule has 6 nitrogen and oxygen atoms in total. The third kappa shape index (κ3) is 7.16. The number of aliphatic hydroxyl groups is 1. The summed E-state index contributed by atoms with van der Waals surface area (Å²) in [6.45, 7) is 10.4. The van der Waals surface area contributed by atoms with E-state index in [2.05, 4.69) is 51.9 Å². The van der Waals surface area contributed by atoms with E-state index in [0.717, 1.165) is 44.3 Å². The van der Waals surface area contributed by atoms with Gasteiger partial charge in [-0.15, -0.1) is 35.3 Å². The number of ether oxygens (including phenoxy) is 1. The first-order chi connectivity index (χ1) is 14.0. The zero-order chi connectivity index (χ0) is 20.7. The summed E-state index contributed by atoms with van der Waals surface area (Å²) in [6.07, 6.45) is 0.244. The Morgan fingerprint density at radius 1 is 1.40 bits per heavy atom. The number of rotatable bonds is 8. The van der Waals surface area contributed by atoms with Gasteiger partial charge in [-0.05, 0) is 54.6 Å². The van der Waals surface area contributed by atoms with Crippen LogP contribution in [0.2, 0.25) is 0 Å². The molecule has 9 heteroatoms. The van der Waals surface area contributed by atoms with E-state index in [-0.39, 0.29) is 36.1 Å². The molecule has 0 spiro atoms. The van der Waals surface area contributed by atoms with E-state index in [4.69, 9.17) is 4.74 Å². The predicted octanol–water partition coefficient (Wildman–Crippen LogP) is 3.65. The predicted molar refractivity (Wildman–Crippen MR) is 137 cm³/mol. The molecule has 0 saturated carbocycles. The number of morpholine rings is 1. The van der Waals surface area contributed by atoms with Gasteiger partial charge in [0.25, 0.3) is 0 Å². The largest absolute Gasteiger partial charge is 0.383 e. The molecular formula is C21H33IN4O2S2. The first-order valence-electron chi connectivity index (χ1n) is 10.2. The van der Waals surface area contributed by atoms with E-state index in [9.17, 15) is 5.11 Å². The highest BCUT2D eigenvalue weighted by Gasteiger charge is 2.27. The van der Waals surface area contributed by atoms with E-state index < -0.39 is 5.60 Å². The summed E-state index contributed by atoms with van der Waals surface area (Å²) in [4.78, 5) is 8.49. The van der Waals surface area contributed by atoms with Crippen LogP contribution in [-0.4, -0.2) is 61.4 Å². The number of hydrogen-bond acceptors (Lipinski definition) is 6. The monoisotopic (exact) mass is 564 g/mol. The minimum absolute atomic E-state index is 0. The molecule has 0 aliphatic carbocycles. The Labute approximate surface area is 204 Å². The molecule has 30 heavy (non-hydrogen) atoms. The molecule has 0 amide bonds. The molecule has 3 atom stereocenters.